The highest BCUT2D eigenvalue weighted by Gasteiger charge is 2.48. The monoisotopic (exact) mass is 339 g/mol. The smallest absolute Gasteiger partial charge is 0.307 e. The summed E-state index contributed by atoms with van der Waals surface area (Å²) < 4.78 is 5.77. The van der Waals surface area contributed by atoms with E-state index in [2.05, 4.69) is 5.32 Å². The first-order chi connectivity index (χ1) is 12.1. The lowest BCUT2D eigenvalue weighted by atomic mass is 10.1. The second-order valence-corrected chi connectivity index (χ2v) is 6.25. The third-order valence-electron chi connectivity index (χ3n) is 4.38. The van der Waals surface area contributed by atoms with Crippen molar-refractivity contribution in [1.29, 1.82) is 0 Å². The van der Waals surface area contributed by atoms with Gasteiger partial charge in [-0.1, -0.05) is 54.6 Å². The van der Waals surface area contributed by atoms with Crippen molar-refractivity contribution in [2.45, 2.75) is 26.2 Å². The summed E-state index contributed by atoms with van der Waals surface area (Å²) in [5.74, 6) is -1.99. The van der Waals surface area contributed by atoms with Crippen LogP contribution in [0.15, 0.2) is 54.6 Å². The lowest BCUT2D eigenvalue weighted by Gasteiger charge is -2.11. The summed E-state index contributed by atoms with van der Waals surface area (Å²) in [7, 11) is 0. The Labute approximate surface area is 146 Å². The number of carboxylic acids is 1. The molecular formula is C20H21NO4. The number of ether oxygens (including phenoxy) is 1. The van der Waals surface area contributed by atoms with Gasteiger partial charge in [-0.2, -0.15) is 0 Å². The van der Waals surface area contributed by atoms with Crippen molar-refractivity contribution in [3.05, 3.63) is 71.3 Å². The number of rotatable bonds is 8. The molecule has 130 valence electrons. The predicted molar refractivity (Wildman–Crippen MR) is 92.5 cm³/mol. The first-order valence-corrected chi connectivity index (χ1v) is 8.34. The minimum Gasteiger partial charge on any atom is -0.481 e. The molecule has 1 amide bonds. The van der Waals surface area contributed by atoms with Crippen LogP contribution in [0.2, 0.25) is 0 Å². The van der Waals surface area contributed by atoms with Gasteiger partial charge in [0, 0.05) is 6.54 Å². The highest BCUT2D eigenvalue weighted by Crippen LogP contribution is 2.38. The van der Waals surface area contributed by atoms with Crippen LogP contribution in [0.3, 0.4) is 0 Å². The van der Waals surface area contributed by atoms with Gasteiger partial charge in [0.15, 0.2) is 0 Å². The van der Waals surface area contributed by atoms with Gasteiger partial charge in [-0.15, -0.1) is 0 Å². The maximum atomic E-state index is 12.0. The fourth-order valence-corrected chi connectivity index (χ4v) is 2.79. The molecule has 1 saturated carbocycles. The Kier molecular flexibility index (Phi) is 5.46. The zero-order valence-corrected chi connectivity index (χ0v) is 13.9. The van der Waals surface area contributed by atoms with Crippen LogP contribution in [0.1, 0.15) is 23.1 Å². The molecule has 0 heterocycles. The Morgan fingerprint density at radius 2 is 1.64 bits per heavy atom. The number of hydrogen-bond acceptors (Lipinski definition) is 3. The van der Waals surface area contributed by atoms with Gasteiger partial charge in [0.05, 0.1) is 25.0 Å². The van der Waals surface area contributed by atoms with E-state index in [1.807, 2.05) is 54.6 Å². The van der Waals surface area contributed by atoms with Crippen molar-refractivity contribution >= 4 is 11.9 Å². The molecule has 2 aromatic carbocycles. The normalized spacial score (nSPS) is 18.6. The predicted octanol–water partition coefficient (Wildman–Crippen LogP) is 2.74. The zero-order valence-electron chi connectivity index (χ0n) is 13.9. The van der Waals surface area contributed by atoms with Crippen LogP contribution in [0.5, 0.6) is 0 Å². The Bertz CT molecular complexity index is 744. The fraction of sp³-hybridized carbons (Fsp3) is 0.300. The molecule has 0 bridgehead atoms. The molecule has 0 saturated heterocycles. The van der Waals surface area contributed by atoms with Crippen LogP contribution in [0.25, 0.3) is 0 Å². The van der Waals surface area contributed by atoms with Crippen LogP contribution in [0, 0.1) is 11.8 Å². The summed E-state index contributed by atoms with van der Waals surface area (Å²) in [5, 5.41) is 11.7. The summed E-state index contributed by atoms with van der Waals surface area (Å²) >= 11 is 0. The van der Waals surface area contributed by atoms with Gasteiger partial charge in [0.1, 0.15) is 0 Å². The van der Waals surface area contributed by atoms with E-state index in [0.29, 0.717) is 26.2 Å². The van der Waals surface area contributed by atoms with E-state index in [1.165, 1.54) is 0 Å². The average molecular weight is 339 g/mol. The molecule has 0 aliphatic heterocycles. The number of hydrogen-bond donors (Lipinski definition) is 2. The van der Waals surface area contributed by atoms with E-state index >= 15 is 0 Å². The van der Waals surface area contributed by atoms with Gasteiger partial charge in [0.2, 0.25) is 5.91 Å². The molecule has 1 aliphatic rings. The Hall–Kier alpha value is -2.66. The number of amides is 1. The van der Waals surface area contributed by atoms with E-state index < -0.39 is 11.9 Å². The van der Waals surface area contributed by atoms with E-state index in [4.69, 9.17) is 9.84 Å². The molecule has 1 fully saturated rings. The number of carbonyl (C=O) groups is 2. The molecule has 0 aromatic heterocycles. The molecule has 0 unspecified atom stereocenters. The first kappa shape index (κ1) is 17.2. The summed E-state index contributed by atoms with van der Waals surface area (Å²) in [6.45, 7) is 1.37. The molecule has 5 nitrogen and oxygen atoms in total. The van der Waals surface area contributed by atoms with Crippen molar-refractivity contribution in [2.24, 2.45) is 11.8 Å². The molecule has 25 heavy (non-hydrogen) atoms. The molecule has 0 radical (unpaired) electrons. The fourth-order valence-electron chi connectivity index (χ4n) is 2.79. The quantitative estimate of drug-likeness (QED) is 0.775. The summed E-state index contributed by atoms with van der Waals surface area (Å²) in [4.78, 5) is 22.8. The molecule has 3 rings (SSSR count). The highest BCUT2D eigenvalue weighted by molar-refractivity contribution is 5.89. The molecule has 1 aliphatic carbocycles. The number of carboxylic acid groups (broad SMARTS) is 1. The van der Waals surface area contributed by atoms with Gasteiger partial charge in [0.25, 0.3) is 0 Å². The molecule has 2 aromatic rings. The third-order valence-corrected chi connectivity index (χ3v) is 4.38. The van der Waals surface area contributed by atoms with Gasteiger partial charge < -0.3 is 15.2 Å². The average Bonchev–Trinajstić information content (AvgIpc) is 3.43. The summed E-state index contributed by atoms with van der Waals surface area (Å²) in [6, 6.07) is 17.7. The standard InChI is InChI=1S/C20H21NO4/c22-19(17-10-18(17)20(23)24)21-11-15-8-4-5-9-16(15)13-25-12-14-6-2-1-3-7-14/h1-9,17-18H,10-13H2,(H,21,22)(H,23,24)/t17-,18-/m0/s1. The molecule has 2 N–H and O–H groups in total. The molecule has 5 heteroatoms. The Morgan fingerprint density at radius 3 is 2.32 bits per heavy atom. The third kappa shape index (κ3) is 4.67. The van der Waals surface area contributed by atoms with Gasteiger partial charge in [-0.05, 0) is 23.1 Å². The highest BCUT2D eigenvalue weighted by atomic mass is 16.5. The minimum atomic E-state index is -0.894. The summed E-state index contributed by atoms with van der Waals surface area (Å²) in [5.41, 5.74) is 3.11. The maximum absolute atomic E-state index is 12.0. The van der Waals surface area contributed by atoms with Gasteiger partial charge >= 0.3 is 5.97 Å². The number of aliphatic carboxylic acids is 1. The topological polar surface area (TPSA) is 75.6 Å². The Balaban J connectivity index is 1.50. The zero-order chi connectivity index (χ0) is 17.6. The van der Waals surface area contributed by atoms with Gasteiger partial charge in [-0.25, -0.2) is 0 Å². The van der Waals surface area contributed by atoms with Crippen molar-refractivity contribution in [3.63, 3.8) is 0 Å². The van der Waals surface area contributed by atoms with Gasteiger partial charge in [-0.3, -0.25) is 9.59 Å². The van der Waals surface area contributed by atoms with Crippen LogP contribution in [0.4, 0.5) is 0 Å². The van der Waals surface area contributed by atoms with Crippen molar-refractivity contribution in [1.82, 2.24) is 5.32 Å². The van der Waals surface area contributed by atoms with Crippen molar-refractivity contribution < 1.29 is 19.4 Å². The van der Waals surface area contributed by atoms with Crippen LogP contribution < -0.4 is 5.32 Å². The number of carbonyl (C=O) groups excluding carboxylic acids is 1. The lowest BCUT2D eigenvalue weighted by molar-refractivity contribution is -0.140. The first-order valence-electron chi connectivity index (χ1n) is 8.34. The van der Waals surface area contributed by atoms with E-state index in [1.54, 1.807) is 0 Å². The van der Waals surface area contributed by atoms with Crippen LogP contribution >= 0.6 is 0 Å². The van der Waals surface area contributed by atoms with E-state index in [-0.39, 0.29) is 11.8 Å². The number of benzene rings is 2. The second-order valence-electron chi connectivity index (χ2n) is 6.25. The molecular weight excluding hydrogens is 318 g/mol. The van der Waals surface area contributed by atoms with Crippen LogP contribution in [-0.2, 0) is 34.1 Å². The SMILES string of the molecule is O=C(O)[C@H]1C[C@@H]1C(=O)NCc1ccccc1COCc1ccccc1. The Morgan fingerprint density at radius 1 is 0.960 bits per heavy atom. The molecule has 0 spiro atoms. The summed E-state index contributed by atoms with van der Waals surface area (Å²) in [6.07, 6.45) is 0.434. The second kappa shape index (κ2) is 7.94. The number of nitrogens with one attached hydrogen (secondary N) is 1. The molecule has 2 atom stereocenters. The largest absolute Gasteiger partial charge is 0.481 e. The van der Waals surface area contributed by atoms with Crippen molar-refractivity contribution in [3.8, 4) is 0 Å². The lowest BCUT2D eigenvalue weighted by Crippen LogP contribution is -2.26. The van der Waals surface area contributed by atoms with Crippen LogP contribution in [-0.4, -0.2) is 17.0 Å². The van der Waals surface area contributed by atoms with E-state index in [9.17, 15) is 9.59 Å². The minimum absolute atomic E-state index is 0.188. The maximum Gasteiger partial charge on any atom is 0.307 e. The van der Waals surface area contributed by atoms with E-state index in [0.717, 1.165) is 16.7 Å². The van der Waals surface area contributed by atoms with Crippen molar-refractivity contribution in [2.75, 3.05) is 0 Å².